The van der Waals surface area contributed by atoms with Crippen LogP contribution in [-0.4, -0.2) is 22.4 Å². The Labute approximate surface area is 124 Å². The summed E-state index contributed by atoms with van der Waals surface area (Å²) >= 11 is 1.81. The molecular formula is C16H22N2OS. The number of amides is 1. The fourth-order valence-corrected chi connectivity index (χ4v) is 4.38. The van der Waals surface area contributed by atoms with E-state index in [4.69, 9.17) is 0 Å². The lowest BCUT2D eigenvalue weighted by molar-refractivity contribution is -0.132. The molecule has 2 heterocycles. The molecule has 1 spiro atoms. The molecule has 3 aliphatic rings. The van der Waals surface area contributed by atoms with E-state index in [-0.39, 0.29) is 11.7 Å². The van der Waals surface area contributed by atoms with E-state index in [1.54, 1.807) is 0 Å². The zero-order valence-corrected chi connectivity index (χ0v) is 13.0. The first-order chi connectivity index (χ1) is 9.59. The number of nitrogens with zero attached hydrogens (tertiary/aromatic N) is 1. The van der Waals surface area contributed by atoms with Crippen LogP contribution in [-0.2, 0) is 4.79 Å². The van der Waals surface area contributed by atoms with Gasteiger partial charge in [-0.2, -0.15) is 0 Å². The molecular weight excluding hydrogens is 268 g/mol. The van der Waals surface area contributed by atoms with Crippen molar-refractivity contribution in [2.75, 3.05) is 0 Å². The Bertz CT molecular complexity index is 544. The van der Waals surface area contributed by atoms with Crippen molar-refractivity contribution in [3.63, 3.8) is 0 Å². The van der Waals surface area contributed by atoms with Crippen molar-refractivity contribution in [2.24, 2.45) is 5.92 Å². The average molecular weight is 290 g/mol. The zero-order chi connectivity index (χ0) is 13.9. The second-order valence-corrected chi connectivity index (χ2v) is 8.14. The van der Waals surface area contributed by atoms with E-state index in [0.29, 0.717) is 11.9 Å². The van der Waals surface area contributed by atoms with Crippen molar-refractivity contribution in [1.29, 1.82) is 0 Å². The van der Waals surface area contributed by atoms with Crippen LogP contribution in [0.5, 0.6) is 0 Å². The maximum atomic E-state index is 12.8. The number of nitrogens with one attached hydrogen (secondary N) is 1. The number of hydrogen-bond donors (Lipinski definition) is 1. The van der Waals surface area contributed by atoms with Gasteiger partial charge in [0.1, 0.15) is 11.7 Å². The summed E-state index contributed by atoms with van der Waals surface area (Å²) in [7, 11) is 0. The van der Waals surface area contributed by atoms with Crippen molar-refractivity contribution >= 4 is 17.2 Å². The van der Waals surface area contributed by atoms with Gasteiger partial charge in [0, 0.05) is 15.8 Å². The summed E-state index contributed by atoms with van der Waals surface area (Å²) in [6.45, 7) is 4.36. The highest BCUT2D eigenvalue weighted by Crippen LogP contribution is 2.48. The van der Waals surface area contributed by atoms with Crippen molar-refractivity contribution in [2.45, 2.75) is 63.7 Å². The molecule has 108 valence electrons. The van der Waals surface area contributed by atoms with E-state index in [0.717, 1.165) is 18.8 Å². The molecule has 0 radical (unpaired) electrons. The molecule has 20 heavy (non-hydrogen) atoms. The van der Waals surface area contributed by atoms with Gasteiger partial charge in [0.15, 0.2) is 0 Å². The molecule has 4 heteroatoms. The Kier molecular flexibility index (Phi) is 2.77. The van der Waals surface area contributed by atoms with Gasteiger partial charge in [-0.3, -0.25) is 10.1 Å². The van der Waals surface area contributed by atoms with Gasteiger partial charge in [0.25, 0.3) is 0 Å². The van der Waals surface area contributed by atoms with Crippen molar-refractivity contribution < 1.29 is 4.79 Å². The van der Waals surface area contributed by atoms with Gasteiger partial charge in [0.2, 0.25) is 5.91 Å². The number of rotatable bonds is 4. The van der Waals surface area contributed by atoms with E-state index in [2.05, 4.69) is 36.2 Å². The van der Waals surface area contributed by atoms with Gasteiger partial charge in [0.05, 0.1) is 0 Å². The molecule has 0 bridgehead atoms. The minimum Gasteiger partial charge on any atom is -0.318 e. The van der Waals surface area contributed by atoms with E-state index in [9.17, 15) is 4.79 Å². The lowest BCUT2D eigenvalue weighted by atomic mass is 10.1. The van der Waals surface area contributed by atoms with Crippen LogP contribution < -0.4 is 5.32 Å². The normalized spacial score (nSPS) is 29.2. The van der Waals surface area contributed by atoms with Gasteiger partial charge < -0.3 is 4.90 Å². The zero-order valence-electron chi connectivity index (χ0n) is 12.2. The molecule has 1 N–H and O–H groups in total. The van der Waals surface area contributed by atoms with Gasteiger partial charge in [-0.05, 0) is 51.2 Å². The Morgan fingerprint density at radius 3 is 2.75 bits per heavy atom. The summed E-state index contributed by atoms with van der Waals surface area (Å²) in [4.78, 5) is 17.6. The Morgan fingerprint density at radius 1 is 1.45 bits per heavy atom. The summed E-state index contributed by atoms with van der Waals surface area (Å²) in [6, 6.07) is 4.70. The van der Waals surface area contributed by atoms with E-state index < -0.39 is 0 Å². The average Bonchev–Trinajstić information content (AvgIpc) is 3.29. The molecule has 1 aromatic heterocycles. The third-order valence-corrected chi connectivity index (χ3v) is 6.02. The van der Waals surface area contributed by atoms with Crippen LogP contribution in [0.4, 0.5) is 0 Å². The summed E-state index contributed by atoms with van der Waals surface area (Å²) in [5.74, 6) is 1.21. The minimum absolute atomic E-state index is 0.109. The molecule has 1 saturated heterocycles. The smallest absolute Gasteiger partial charge is 0.244 e. The Hall–Kier alpha value is -0.870. The fraction of sp³-hybridized carbons (Fsp3) is 0.688. The monoisotopic (exact) mass is 290 g/mol. The van der Waals surface area contributed by atoms with Gasteiger partial charge in [-0.25, -0.2) is 0 Å². The number of thiophene rings is 1. The fourth-order valence-electron chi connectivity index (χ4n) is 3.45. The lowest BCUT2D eigenvalue weighted by Gasteiger charge is -2.30. The SMILES string of the molecule is Cc1ccc(C2NC3(CC3)C(=O)N2C(C)CC2CC2)s1. The topological polar surface area (TPSA) is 32.3 Å². The molecule has 3 fully saturated rings. The summed E-state index contributed by atoms with van der Waals surface area (Å²) in [5, 5.41) is 3.63. The van der Waals surface area contributed by atoms with E-state index in [1.807, 2.05) is 11.3 Å². The molecule has 1 amide bonds. The van der Waals surface area contributed by atoms with Crippen LogP contribution in [0.1, 0.15) is 54.9 Å². The first-order valence-electron chi connectivity index (χ1n) is 7.76. The quantitative estimate of drug-likeness (QED) is 0.923. The lowest BCUT2D eigenvalue weighted by Crippen LogP contribution is -2.39. The third-order valence-electron chi connectivity index (χ3n) is 4.96. The highest BCUT2D eigenvalue weighted by Gasteiger charge is 2.60. The van der Waals surface area contributed by atoms with Crippen LogP contribution in [0, 0.1) is 12.8 Å². The van der Waals surface area contributed by atoms with E-state index in [1.165, 1.54) is 29.0 Å². The van der Waals surface area contributed by atoms with Crippen LogP contribution in [0.3, 0.4) is 0 Å². The summed E-state index contributed by atoms with van der Waals surface area (Å²) in [6.07, 6.45) is 6.02. The number of carbonyl (C=O) groups is 1. The summed E-state index contributed by atoms with van der Waals surface area (Å²) in [5.41, 5.74) is -0.208. The molecule has 3 nitrogen and oxygen atoms in total. The molecule has 1 aliphatic heterocycles. The number of hydrogen-bond acceptors (Lipinski definition) is 3. The molecule has 4 rings (SSSR count). The predicted octanol–water partition coefficient (Wildman–Crippen LogP) is 3.21. The van der Waals surface area contributed by atoms with Gasteiger partial charge >= 0.3 is 0 Å². The Morgan fingerprint density at radius 2 is 2.20 bits per heavy atom. The molecule has 2 unspecified atom stereocenters. The molecule has 2 atom stereocenters. The van der Waals surface area contributed by atoms with Crippen LogP contribution in [0.2, 0.25) is 0 Å². The van der Waals surface area contributed by atoms with Crippen LogP contribution in [0.15, 0.2) is 12.1 Å². The number of aryl methyl sites for hydroxylation is 1. The first kappa shape index (κ1) is 12.8. The van der Waals surface area contributed by atoms with Crippen LogP contribution in [0.25, 0.3) is 0 Å². The molecule has 1 aromatic rings. The van der Waals surface area contributed by atoms with Gasteiger partial charge in [-0.15, -0.1) is 11.3 Å². The Balaban J connectivity index is 1.62. The third kappa shape index (κ3) is 2.01. The molecule has 0 aromatic carbocycles. The van der Waals surface area contributed by atoms with Crippen molar-refractivity contribution in [3.05, 3.63) is 21.9 Å². The molecule has 2 saturated carbocycles. The summed E-state index contributed by atoms with van der Waals surface area (Å²) < 4.78 is 0. The maximum Gasteiger partial charge on any atom is 0.244 e. The van der Waals surface area contributed by atoms with Gasteiger partial charge in [-0.1, -0.05) is 12.8 Å². The number of carbonyl (C=O) groups excluding carboxylic acids is 1. The van der Waals surface area contributed by atoms with Crippen molar-refractivity contribution in [1.82, 2.24) is 10.2 Å². The largest absolute Gasteiger partial charge is 0.318 e. The minimum atomic E-state index is -0.208. The second-order valence-electron chi connectivity index (χ2n) is 6.82. The maximum absolute atomic E-state index is 12.8. The van der Waals surface area contributed by atoms with E-state index >= 15 is 0 Å². The predicted molar refractivity (Wildman–Crippen MR) is 80.5 cm³/mol. The van der Waals surface area contributed by atoms with Crippen molar-refractivity contribution in [3.8, 4) is 0 Å². The molecule has 2 aliphatic carbocycles. The first-order valence-corrected chi connectivity index (χ1v) is 8.57. The van der Waals surface area contributed by atoms with Crippen LogP contribution >= 0.6 is 11.3 Å². The highest BCUT2D eigenvalue weighted by atomic mass is 32.1. The second kappa shape index (κ2) is 4.31. The highest BCUT2D eigenvalue weighted by molar-refractivity contribution is 7.12. The standard InChI is InChI=1S/C16H22N2OS/c1-10(9-12-4-5-12)18-14(13-6-3-11(2)20-13)17-16(7-8-16)15(18)19/h3,6,10,12,14,17H,4-5,7-9H2,1-2H3.